The number of likely N-dealkylation sites (tertiary alicyclic amines) is 1. The van der Waals surface area contributed by atoms with Crippen molar-refractivity contribution >= 4 is 13.6 Å². The molecule has 2 rings (SSSR count). The number of carbonyl (C=O) groups is 1. The molecule has 2 aliphatic heterocycles. The Balaban J connectivity index is 1.77. The summed E-state index contributed by atoms with van der Waals surface area (Å²) >= 11 is 0. The fourth-order valence-electron chi connectivity index (χ4n) is 3.11. The van der Waals surface area contributed by atoms with E-state index in [1.165, 1.54) is 0 Å². The van der Waals surface area contributed by atoms with Crippen LogP contribution in [0.4, 0.5) is 4.79 Å². The number of piperidine rings is 1. The van der Waals surface area contributed by atoms with Gasteiger partial charge in [0.2, 0.25) is 0 Å². The minimum atomic E-state index is -1.88. The predicted molar refractivity (Wildman–Crippen MR) is 88.6 cm³/mol. The van der Waals surface area contributed by atoms with Crippen molar-refractivity contribution in [1.29, 1.82) is 0 Å². The molecule has 0 bridgehead atoms. The Morgan fingerprint density at radius 1 is 1.14 bits per heavy atom. The number of amides is 1. The molecule has 2 heterocycles. The first-order valence-corrected chi connectivity index (χ1v) is 11.0. The minimum absolute atomic E-state index is 0.185. The summed E-state index contributed by atoms with van der Waals surface area (Å²) in [6.07, 6.45) is 3.82. The van der Waals surface area contributed by atoms with Gasteiger partial charge in [0.15, 0.2) is 0 Å². The zero-order valence-corrected chi connectivity index (χ0v) is 14.9. The molecule has 5 nitrogen and oxygen atoms in total. The molecule has 124 valence electrons. The molecule has 0 aromatic carbocycles. The van der Waals surface area contributed by atoms with Crippen LogP contribution >= 0.6 is 7.49 Å². The first-order chi connectivity index (χ1) is 9.66. The van der Waals surface area contributed by atoms with Gasteiger partial charge in [-0.1, -0.05) is 0 Å². The molecule has 1 amide bonds. The van der Waals surface area contributed by atoms with E-state index >= 15 is 0 Å². The van der Waals surface area contributed by atoms with Crippen LogP contribution in [0, 0.1) is 0 Å². The van der Waals surface area contributed by atoms with Gasteiger partial charge in [0.1, 0.15) is 0 Å². The van der Waals surface area contributed by atoms with Gasteiger partial charge in [-0.05, 0) is 0 Å². The number of carbonyl (C=O) groups excluding carboxylic acids is 1. The molecule has 0 radical (unpaired) electrons. The molecule has 0 spiro atoms. The van der Waals surface area contributed by atoms with E-state index in [0.29, 0.717) is 6.04 Å². The van der Waals surface area contributed by atoms with Gasteiger partial charge in [0.05, 0.1) is 0 Å². The summed E-state index contributed by atoms with van der Waals surface area (Å²) in [6.45, 7) is 11.4. The van der Waals surface area contributed by atoms with E-state index in [2.05, 4.69) is 11.6 Å². The van der Waals surface area contributed by atoms with Crippen LogP contribution < -0.4 is 0 Å². The van der Waals surface area contributed by atoms with Gasteiger partial charge in [-0.2, -0.15) is 0 Å². The molecule has 0 atom stereocenters. The third kappa shape index (κ3) is 5.08. The van der Waals surface area contributed by atoms with Crippen molar-refractivity contribution in [2.24, 2.45) is 0 Å². The van der Waals surface area contributed by atoms with E-state index in [1.54, 1.807) is 0 Å². The number of rotatable bonds is 1. The fourth-order valence-corrected chi connectivity index (χ4v) is 4.90. The van der Waals surface area contributed by atoms with E-state index in [1.807, 2.05) is 25.7 Å². The van der Waals surface area contributed by atoms with Crippen LogP contribution in [0.2, 0.25) is 0 Å². The molecular weight excluding hydrogens is 287 g/mol. The molecule has 2 aliphatic rings. The molecule has 0 unspecified atom stereocenters. The van der Waals surface area contributed by atoms with Crippen molar-refractivity contribution in [1.82, 2.24) is 9.80 Å². The number of hydrogen-bond donors (Lipinski definition) is 1. The van der Waals surface area contributed by atoms with Crippen molar-refractivity contribution in [3.63, 3.8) is 0 Å². The van der Waals surface area contributed by atoms with E-state index in [-0.39, 0.29) is 6.09 Å². The number of hydrogen-bond acceptors (Lipinski definition) is 4. The second kappa shape index (κ2) is 6.39. The molecule has 0 aliphatic carbocycles. The topological polar surface area (TPSA) is 53.0 Å². The SMILES string of the molecule is CC(C)(C)OC(=O)N1CCC(N2CC[PH](C)(O)CC2)CC1. The summed E-state index contributed by atoms with van der Waals surface area (Å²) in [5, 5.41) is 0. The molecule has 21 heavy (non-hydrogen) atoms. The Hall–Kier alpha value is -0.380. The Labute approximate surface area is 129 Å². The quantitative estimate of drug-likeness (QED) is 0.751. The normalized spacial score (nSPS) is 26.4. The van der Waals surface area contributed by atoms with Crippen molar-refractivity contribution in [3.8, 4) is 0 Å². The Kier molecular flexibility index (Phi) is 5.17. The second-order valence-corrected chi connectivity index (χ2v) is 11.7. The third-order valence-corrected chi connectivity index (χ3v) is 7.11. The van der Waals surface area contributed by atoms with Crippen molar-refractivity contribution in [2.75, 3.05) is 45.2 Å². The maximum atomic E-state index is 12.0. The molecule has 1 N–H and O–H groups in total. The summed E-state index contributed by atoms with van der Waals surface area (Å²) in [5.74, 6) is 0. The van der Waals surface area contributed by atoms with Gasteiger partial charge in [-0.3, -0.25) is 0 Å². The molecule has 0 aromatic rings. The van der Waals surface area contributed by atoms with Crippen molar-refractivity contribution < 1.29 is 14.4 Å². The first kappa shape index (κ1) is 17.0. The van der Waals surface area contributed by atoms with Crippen LogP contribution in [0.5, 0.6) is 0 Å². The Bertz CT molecular complexity index is 364. The molecule has 2 fully saturated rings. The zero-order chi connectivity index (χ0) is 15.7. The predicted octanol–water partition coefficient (Wildman–Crippen LogP) is 1.99. The Morgan fingerprint density at radius 2 is 1.67 bits per heavy atom. The van der Waals surface area contributed by atoms with Crippen LogP contribution in [0.3, 0.4) is 0 Å². The summed E-state index contributed by atoms with van der Waals surface area (Å²) in [6, 6.07) is 0.564. The second-order valence-electron chi connectivity index (χ2n) is 7.73. The van der Waals surface area contributed by atoms with Crippen LogP contribution in [-0.2, 0) is 4.74 Å². The van der Waals surface area contributed by atoms with E-state index in [9.17, 15) is 9.69 Å². The maximum absolute atomic E-state index is 12.0. The third-order valence-electron chi connectivity index (χ3n) is 4.51. The zero-order valence-electron chi connectivity index (χ0n) is 13.9. The monoisotopic (exact) mass is 318 g/mol. The molecular formula is C15H31N2O3P. The average Bonchev–Trinajstić information content (AvgIpc) is 2.37. The van der Waals surface area contributed by atoms with Gasteiger partial charge in [-0.25, -0.2) is 0 Å². The van der Waals surface area contributed by atoms with Gasteiger partial charge >= 0.3 is 128 Å². The Morgan fingerprint density at radius 3 is 2.14 bits per heavy atom. The standard InChI is InChI=1S/C15H31N2O3P/c1-15(2,3)20-14(18)17-7-5-13(6-8-17)16-9-11-21(4,19)12-10-16/h13,19,21H,5-12H2,1-4H3. The van der Waals surface area contributed by atoms with Crippen LogP contribution in [0.15, 0.2) is 0 Å². The van der Waals surface area contributed by atoms with Crippen LogP contribution in [-0.4, -0.2) is 77.6 Å². The van der Waals surface area contributed by atoms with Crippen LogP contribution in [0.25, 0.3) is 0 Å². The summed E-state index contributed by atoms with van der Waals surface area (Å²) < 4.78 is 5.43. The number of nitrogens with zero attached hydrogens (tertiary/aromatic N) is 2. The molecule has 2 saturated heterocycles. The average molecular weight is 318 g/mol. The van der Waals surface area contributed by atoms with Gasteiger partial charge in [-0.15, -0.1) is 0 Å². The van der Waals surface area contributed by atoms with E-state index < -0.39 is 13.1 Å². The molecule has 6 heteroatoms. The van der Waals surface area contributed by atoms with Crippen molar-refractivity contribution in [2.45, 2.75) is 45.3 Å². The fraction of sp³-hybridized carbons (Fsp3) is 0.933. The van der Waals surface area contributed by atoms with E-state index in [0.717, 1.165) is 51.3 Å². The molecule has 0 saturated carbocycles. The first-order valence-electron chi connectivity index (χ1n) is 8.11. The van der Waals surface area contributed by atoms with Crippen molar-refractivity contribution in [3.05, 3.63) is 0 Å². The summed E-state index contributed by atoms with van der Waals surface area (Å²) in [7, 11) is -1.88. The van der Waals surface area contributed by atoms with Gasteiger partial charge in [0.25, 0.3) is 0 Å². The molecule has 0 aromatic heterocycles. The van der Waals surface area contributed by atoms with E-state index in [4.69, 9.17) is 4.74 Å². The van der Waals surface area contributed by atoms with Gasteiger partial charge < -0.3 is 0 Å². The van der Waals surface area contributed by atoms with Gasteiger partial charge in [0, 0.05) is 0 Å². The number of ether oxygens (including phenoxy) is 1. The summed E-state index contributed by atoms with van der Waals surface area (Å²) in [4.78, 5) is 26.5. The summed E-state index contributed by atoms with van der Waals surface area (Å²) in [5.41, 5.74) is -0.420. The van der Waals surface area contributed by atoms with Crippen LogP contribution in [0.1, 0.15) is 33.6 Å².